The van der Waals surface area contributed by atoms with Gasteiger partial charge < -0.3 is 0 Å². The van der Waals surface area contributed by atoms with E-state index < -0.39 is 45.9 Å². The second-order valence-corrected chi connectivity index (χ2v) is 12.8. The van der Waals surface area contributed by atoms with Gasteiger partial charge in [0.2, 0.25) is 5.69 Å². The number of rotatable bonds is 4. The Bertz CT molecular complexity index is 1400. The minimum Gasteiger partial charge on any atom is -0.283 e. The van der Waals surface area contributed by atoms with E-state index in [1.165, 1.54) is 28.1 Å². The smallest absolute Gasteiger partial charge is 0.283 e. The zero-order chi connectivity index (χ0) is 29.2. The van der Waals surface area contributed by atoms with E-state index in [1.807, 2.05) is 36.7 Å². The summed E-state index contributed by atoms with van der Waals surface area (Å²) in [5, 5.41) is 0. The van der Waals surface area contributed by atoms with Crippen LogP contribution in [-0.2, 0) is 25.9 Å². The Labute approximate surface area is 217 Å². The van der Waals surface area contributed by atoms with Crippen molar-refractivity contribution in [3.63, 3.8) is 0 Å². The summed E-state index contributed by atoms with van der Waals surface area (Å²) in [5.41, 5.74) is -10.2. The number of aromatic nitrogens is 2. The van der Waals surface area contributed by atoms with Crippen molar-refractivity contribution in [2.75, 3.05) is 0 Å². The summed E-state index contributed by atoms with van der Waals surface area (Å²) < 4.78 is 148. The average molecular weight is 659 g/mol. The highest BCUT2D eigenvalue weighted by atomic mass is 79.9. The molecule has 3 aromatic rings. The Kier molecular flexibility index (Phi) is 9.26. The molecule has 2 heterocycles. The molecule has 0 aliphatic carbocycles. The highest BCUT2D eigenvalue weighted by Gasteiger charge is 2.53. The molecule has 0 radical (unpaired) electrons. The number of hydrogen-bond acceptors (Lipinski definition) is 5. The van der Waals surface area contributed by atoms with Crippen LogP contribution in [0.3, 0.4) is 0 Å². The third-order valence-corrected chi connectivity index (χ3v) is 10.3. The first kappa shape index (κ1) is 31.5. The summed E-state index contributed by atoms with van der Waals surface area (Å²) in [6, 6.07) is 12.7. The quantitative estimate of drug-likeness (QED) is 0.203. The van der Waals surface area contributed by atoms with Crippen molar-refractivity contribution in [1.29, 1.82) is 0 Å². The third kappa shape index (κ3) is 7.22. The minimum absolute atomic E-state index is 0.648. The molecule has 0 N–H and O–H groups in total. The summed E-state index contributed by atoms with van der Waals surface area (Å²) in [7, 11) is -13.2. The van der Waals surface area contributed by atoms with Gasteiger partial charge in [-0.3, -0.25) is 37.7 Å². The van der Waals surface area contributed by atoms with Crippen molar-refractivity contribution in [1.82, 2.24) is 4.98 Å². The predicted octanol–water partition coefficient (Wildman–Crippen LogP) is 5.74. The lowest BCUT2D eigenvalue weighted by molar-refractivity contribution is -0.595. The van der Waals surface area contributed by atoms with E-state index in [0.717, 1.165) is 23.3 Å². The molecule has 0 unspecified atom stereocenters. The average Bonchev–Trinajstić information content (AvgIpc) is 2.83. The molecule has 0 saturated carbocycles. The summed E-state index contributed by atoms with van der Waals surface area (Å²) in [6.07, 6.45) is 2.75. The van der Waals surface area contributed by atoms with Crippen LogP contribution in [0.2, 0.25) is 0 Å². The molecular formula is C20H12BrF9N2O4S2. The molecule has 0 aliphatic rings. The standard InChI is InChI=1S/C17H12F3N2.C3BrF6O4S2/c18-17(19,20)15-1-3-16(4-2-15)22-11-7-14(8-12-22)13-5-9-21-10-6-13;4-1(15(11,12)2(5,6)7)16(13,14)3(8,9)10/h1-12H;/q+1;-1. The lowest BCUT2D eigenvalue weighted by Crippen LogP contribution is -2.36. The fourth-order valence-corrected chi connectivity index (χ4v) is 5.67. The molecule has 2 aromatic heterocycles. The van der Waals surface area contributed by atoms with Gasteiger partial charge in [-0.05, 0) is 35.4 Å². The Morgan fingerprint density at radius 2 is 1.05 bits per heavy atom. The Morgan fingerprint density at radius 3 is 1.42 bits per heavy atom. The van der Waals surface area contributed by atoms with E-state index in [-0.39, 0.29) is 0 Å². The number of halogens is 10. The largest absolute Gasteiger partial charge is 0.470 e. The van der Waals surface area contributed by atoms with Crippen LogP contribution in [0, 0.1) is 3.49 Å². The van der Waals surface area contributed by atoms with Crippen molar-refractivity contribution >= 4 is 35.6 Å². The van der Waals surface area contributed by atoms with Gasteiger partial charge in [0, 0.05) is 40.2 Å². The van der Waals surface area contributed by atoms with Gasteiger partial charge in [-0.2, -0.15) is 44.1 Å². The first-order valence-electron chi connectivity index (χ1n) is 9.44. The molecule has 0 atom stereocenters. The van der Waals surface area contributed by atoms with Crippen LogP contribution in [0.4, 0.5) is 39.5 Å². The fraction of sp³-hybridized carbons (Fsp3) is 0.150. The third-order valence-electron chi connectivity index (χ3n) is 4.37. The van der Waals surface area contributed by atoms with Crippen molar-refractivity contribution < 1.29 is 60.9 Å². The van der Waals surface area contributed by atoms with Gasteiger partial charge in [0.1, 0.15) is 19.7 Å². The van der Waals surface area contributed by atoms with Gasteiger partial charge in [-0.15, -0.1) is 0 Å². The Morgan fingerprint density at radius 1 is 0.658 bits per heavy atom. The van der Waals surface area contributed by atoms with E-state index in [4.69, 9.17) is 0 Å². The molecule has 18 heteroatoms. The topological polar surface area (TPSA) is 85.1 Å². The molecule has 0 bridgehead atoms. The molecule has 0 aliphatic heterocycles. The fourth-order valence-electron chi connectivity index (χ4n) is 2.48. The number of benzene rings is 1. The molecule has 1 aromatic carbocycles. The van der Waals surface area contributed by atoms with Gasteiger partial charge in [0.05, 0.1) is 5.56 Å². The maximum Gasteiger partial charge on any atom is 0.470 e. The van der Waals surface area contributed by atoms with Crippen molar-refractivity contribution in [2.24, 2.45) is 0 Å². The number of pyridine rings is 2. The number of hydrogen-bond donors (Lipinski definition) is 0. The van der Waals surface area contributed by atoms with Crippen molar-refractivity contribution in [3.05, 3.63) is 82.4 Å². The Hall–Kier alpha value is -2.73. The molecule has 3 rings (SSSR count). The summed E-state index contributed by atoms with van der Waals surface area (Å²) in [5.74, 6) is 0. The van der Waals surface area contributed by atoms with Crippen LogP contribution < -0.4 is 4.57 Å². The SMILES string of the molecule is FC(F)(F)c1ccc(-[n+]2ccc(-c3ccncc3)cc2)cc1.O=S(=O)([C-](Br)S(=O)(=O)C(F)(F)F)C(F)(F)F. The monoisotopic (exact) mass is 658 g/mol. The maximum absolute atomic E-state index is 12.6. The number of alkyl halides is 9. The van der Waals surface area contributed by atoms with Crippen LogP contribution in [-0.4, -0.2) is 32.8 Å². The first-order chi connectivity index (χ1) is 17.2. The van der Waals surface area contributed by atoms with E-state index in [2.05, 4.69) is 4.98 Å². The molecule has 38 heavy (non-hydrogen) atoms. The zero-order valence-electron chi connectivity index (χ0n) is 18.1. The van der Waals surface area contributed by atoms with Crippen LogP contribution in [0.15, 0.2) is 73.3 Å². The summed E-state index contributed by atoms with van der Waals surface area (Å²) in [4.78, 5) is 3.97. The first-order valence-corrected chi connectivity index (χ1v) is 13.2. The van der Waals surface area contributed by atoms with Crippen molar-refractivity contribution in [3.8, 4) is 16.8 Å². The normalized spacial score (nSPS) is 13.1. The lowest BCUT2D eigenvalue weighted by atomic mass is 10.1. The Balaban J connectivity index is 0.000000284. The summed E-state index contributed by atoms with van der Waals surface area (Å²) >= 11 is 1.29. The molecule has 6 nitrogen and oxygen atoms in total. The molecule has 0 saturated heterocycles. The highest BCUT2D eigenvalue weighted by molar-refractivity contribution is 9.15. The summed E-state index contributed by atoms with van der Waals surface area (Å²) in [6.45, 7) is 0. The van der Waals surface area contributed by atoms with Crippen LogP contribution >= 0.6 is 15.9 Å². The van der Waals surface area contributed by atoms with Gasteiger partial charge in [0.25, 0.3) is 0 Å². The van der Waals surface area contributed by atoms with Crippen LogP contribution in [0.1, 0.15) is 5.56 Å². The molecule has 208 valence electrons. The van der Waals surface area contributed by atoms with E-state index in [0.29, 0.717) is 5.69 Å². The van der Waals surface area contributed by atoms with E-state index in [1.54, 1.807) is 17.0 Å². The van der Waals surface area contributed by atoms with E-state index in [9.17, 15) is 56.3 Å². The maximum atomic E-state index is 12.6. The van der Waals surface area contributed by atoms with Gasteiger partial charge in [0.15, 0.2) is 12.4 Å². The minimum atomic E-state index is -6.59. The number of sulfone groups is 2. The molecular weight excluding hydrogens is 647 g/mol. The number of nitrogens with zero attached hydrogens (tertiary/aromatic N) is 2. The predicted molar refractivity (Wildman–Crippen MR) is 118 cm³/mol. The molecule has 0 spiro atoms. The van der Waals surface area contributed by atoms with E-state index >= 15 is 0 Å². The van der Waals surface area contributed by atoms with Crippen LogP contribution in [0.25, 0.3) is 16.8 Å². The van der Waals surface area contributed by atoms with Gasteiger partial charge in [-0.25, -0.2) is 0 Å². The second kappa shape index (κ2) is 11.2. The van der Waals surface area contributed by atoms with Crippen LogP contribution in [0.5, 0.6) is 0 Å². The van der Waals surface area contributed by atoms with Crippen molar-refractivity contribution in [2.45, 2.75) is 17.2 Å². The highest BCUT2D eigenvalue weighted by Crippen LogP contribution is 2.43. The lowest BCUT2D eigenvalue weighted by Gasteiger charge is -2.26. The molecule has 0 fully saturated rings. The van der Waals surface area contributed by atoms with Gasteiger partial charge >= 0.3 is 17.2 Å². The molecule has 0 amide bonds. The second-order valence-electron chi connectivity index (χ2n) is 6.91. The van der Waals surface area contributed by atoms with Gasteiger partial charge in [-0.1, -0.05) is 0 Å². The zero-order valence-corrected chi connectivity index (χ0v) is 21.3.